The third-order valence-electron chi connectivity index (χ3n) is 4.99. The minimum atomic E-state index is -0.365. The van der Waals surface area contributed by atoms with Gasteiger partial charge in [0.05, 0.1) is 6.54 Å². The summed E-state index contributed by atoms with van der Waals surface area (Å²) in [7, 11) is 0. The fraction of sp³-hybridized carbons (Fsp3) is 0.474. The lowest BCUT2D eigenvalue weighted by atomic mass is 9.92. The smallest absolute Gasteiger partial charge is 0.184 e. The lowest BCUT2D eigenvalue weighted by Gasteiger charge is -2.35. The van der Waals surface area contributed by atoms with Gasteiger partial charge < -0.3 is 4.90 Å². The molecule has 2 atom stereocenters. The number of halogens is 2. The topological polar surface area (TPSA) is 59.7 Å². The molecule has 2 aromatic heterocycles. The molecule has 27 heavy (non-hydrogen) atoms. The number of hydrogen-bond acceptors (Lipinski definition) is 5. The Hall–Kier alpha value is -2.28. The average Bonchev–Trinajstić information content (AvgIpc) is 2.99. The summed E-state index contributed by atoms with van der Waals surface area (Å²) >= 11 is 6.17. The van der Waals surface area contributed by atoms with Crippen LogP contribution in [0.15, 0.2) is 18.2 Å². The van der Waals surface area contributed by atoms with Crippen molar-refractivity contribution in [2.75, 3.05) is 18.0 Å². The molecule has 0 unspecified atom stereocenters. The molecule has 1 aliphatic rings. The molecule has 1 fully saturated rings. The minimum Gasteiger partial charge on any atom is -0.354 e. The predicted molar refractivity (Wildman–Crippen MR) is 104 cm³/mol. The quantitative estimate of drug-likeness (QED) is 0.682. The van der Waals surface area contributed by atoms with Crippen molar-refractivity contribution in [1.82, 2.24) is 25.0 Å². The van der Waals surface area contributed by atoms with Crippen molar-refractivity contribution in [1.29, 1.82) is 0 Å². The second-order valence-electron chi connectivity index (χ2n) is 7.56. The Kier molecular flexibility index (Phi) is 4.72. The molecule has 8 heteroatoms. The first-order chi connectivity index (χ1) is 12.9. The Bertz CT molecular complexity index is 957. The third-order valence-corrected chi connectivity index (χ3v) is 5.35. The van der Waals surface area contributed by atoms with E-state index in [1.165, 1.54) is 12.5 Å². The van der Waals surface area contributed by atoms with Crippen molar-refractivity contribution >= 4 is 28.6 Å². The summed E-state index contributed by atoms with van der Waals surface area (Å²) in [6.45, 7) is 8.40. The van der Waals surface area contributed by atoms with E-state index in [1.807, 2.05) is 6.92 Å². The van der Waals surface area contributed by atoms with Crippen molar-refractivity contribution in [3.05, 3.63) is 40.4 Å². The molecule has 0 amide bonds. The Labute approximate surface area is 162 Å². The first-order valence-corrected chi connectivity index (χ1v) is 9.56. The molecule has 1 saturated heterocycles. The van der Waals surface area contributed by atoms with Crippen LogP contribution in [0, 0.1) is 24.6 Å². The number of benzene rings is 1. The van der Waals surface area contributed by atoms with Gasteiger partial charge in [0.1, 0.15) is 11.6 Å². The van der Waals surface area contributed by atoms with Gasteiger partial charge in [0.2, 0.25) is 0 Å². The highest BCUT2D eigenvalue weighted by Gasteiger charge is 2.26. The molecule has 142 valence electrons. The van der Waals surface area contributed by atoms with Gasteiger partial charge in [-0.2, -0.15) is 0 Å². The molecule has 0 saturated carbocycles. The number of aromatic nitrogens is 5. The van der Waals surface area contributed by atoms with Crippen LogP contribution in [-0.2, 0) is 6.54 Å². The van der Waals surface area contributed by atoms with Gasteiger partial charge in [-0.25, -0.2) is 19.0 Å². The molecule has 4 rings (SSSR count). The van der Waals surface area contributed by atoms with Gasteiger partial charge in [-0.05, 0) is 37.3 Å². The number of hydrogen-bond donors (Lipinski definition) is 0. The molecule has 0 bridgehead atoms. The van der Waals surface area contributed by atoms with Crippen molar-refractivity contribution in [2.45, 2.75) is 33.7 Å². The van der Waals surface area contributed by atoms with E-state index in [0.717, 1.165) is 18.9 Å². The predicted octanol–water partition coefficient (Wildman–Crippen LogP) is 3.85. The van der Waals surface area contributed by atoms with E-state index in [1.54, 1.807) is 16.8 Å². The maximum atomic E-state index is 14.2. The van der Waals surface area contributed by atoms with E-state index in [9.17, 15) is 4.39 Å². The second kappa shape index (κ2) is 7.03. The van der Waals surface area contributed by atoms with Crippen molar-refractivity contribution in [2.24, 2.45) is 11.8 Å². The molecule has 3 heterocycles. The Balaban J connectivity index is 1.76. The zero-order valence-electron chi connectivity index (χ0n) is 15.7. The summed E-state index contributed by atoms with van der Waals surface area (Å²) in [5.74, 6) is 2.27. The van der Waals surface area contributed by atoms with Gasteiger partial charge >= 0.3 is 0 Å². The molecule has 1 aliphatic heterocycles. The van der Waals surface area contributed by atoms with E-state index in [2.05, 4.69) is 39.0 Å². The summed E-state index contributed by atoms with van der Waals surface area (Å²) in [6, 6.07) is 4.65. The molecule has 3 aromatic rings. The summed E-state index contributed by atoms with van der Waals surface area (Å²) in [5, 5.41) is 8.91. The van der Waals surface area contributed by atoms with Crippen LogP contribution in [0.1, 0.15) is 31.7 Å². The number of fused-ring (bicyclic) bond motifs is 1. The van der Waals surface area contributed by atoms with Crippen LogP contribution in [0.2, 0.25) is 5.02 Å². The highest BCUT2D eigenvalue weighted by molar-refractivity contribution is 6.31. The fourth-order valence-electron chi connectivity index (χ4n) is 3.94. The van der Waals surface area contributed by atoms with Crippen LogP contribution in [0.5, 0.6) is 0 Å². The lowest BCUT2D eigenvalue weighted by molar-refractivity contribution is 0.355. The van der Waals surface area contributed by atoms with E-state index in [4.69, 9.17) is 11.6 Å². The molecule has 6 nitrogen and oxygen atoms in total. The highest BCUT2D eigenvalue weighted by atomic mass is 35.5. The van der Waals surface area contributed by atoms with E-state index in [0.29, 0.717) is 39.4 Å². The van der Waals surface area contributed by atoms with Crippen LogP contribution < -0.4 is 4.90 Å². The van der Waals surface area contributed by atoms with Crippen LogP contribution >= 0.6 is 11.6 Å². The average molecular weight is 389 g/mol. The molecular formula is C19H22ClFN6. The van der Waals surface area contributed by atoms with Gasteiger partial charge in [0.25, 0.3) is 0 Å². The maximum Gasteiger partial charge on any atom is 0.184 e. The second-order valence-corrected chi connectivity index (χ2v) is 7.97. The summed E-state index contributed by atoms with van der Waals surface area (Å²) in [5.41, 5.74) is 1.63. The summed E-state index contributed by atoms with van der Waals surface area (Å²) in [4.78, 5) is 11.4. The number of rotatable bonds is 3. The zero-order valence-corrected chi connectivity index (χ0v) is 16.4. The largest absolute Gasteiger partial charge is 0.354 e. The van der Waals surface area contributed by atoms with E-state index < -0.39 is 0 Å². The van der Waals surface area contributed by atoms with Crippen molar-refractivity contribution in [3.8, 4) is 0 Å². The minimum absolute atomic E-state index is 0.171. The molecule has 0 radical (unpaired) electrons. The van der Waals surface area contributed by atoms with Crippen molar-refractivity contribution in [3.63, 3.8) is 0 Å². The molecule has 1 aromatic carbocycles. The highest BCUT2D eigenvalue weighted by Crippen LogP contribution is 2.29. The molecular weight excluding hydrogens is 367 g/mol. The van der Waals surface area contributed by atoms with Gasteiger partial charge in [-0.3, -0.25) is 0 Å². The van der Waals surface area contributed by atoms with Crippen LogP contribution in [-0.4, -0.2) is 38.1 Å². The number of nitrogens with zero attached hydrogens (tertiary/aromatic N) is 6. The molecule has 0 aliphatic carbocycles. The Morgan fingerprint density at radius 3 is 2.63 bits per heavy atom. The number of piperidine rings is 1. The molecule has 0 spiro atoms. The fourth-order valence-corrected chi connectivity index (χ4v) is 4.17. The number of aryl methyl sites for hydroxylation is 1. The number of anilines is 1. The first kappa shape index (κ1) is 18.1. The summed E-state index contributed by atoms with van der Waals surface area (Å²) < 4.78 is 15.8. The SMILES string of the molecule is Cc1nc(N2C[C@H](C)C[C@H](C)C2)c2nnn(Cc3c(F)cccc3Cl)c2n1. The maximum absolute atomic E-state index is 14.2. The van der Waals surface area contributed by atoms with Gasteiger partial charge in [0.15, 0.2) is 17.0 Å². The monoisotopic (exact) mass is 388 g/mol. The lowest BCUT2D eigenvalue weighted by Crippen LogP contribution is -2.39. The van der Waals surface area contributed by atoms with Crippen LogP contribution in [0.4, 0.5) is 10.2 Å². The van der Waals surface area contributed by atoms with Crippen LogP contribution in [0.25, 0.3) is 11.2 Å². The summed E-state index contributed by atoms with van der Waals surface area (Å²) in [6.07, 6.45) is 1.21. The Morgan fingerprint density at radius 2 is 1.93 bits per heavy atom. The van der Waals surface area contributed by atoms with E-state index in [-0.39, 0.29) is 12.4 Å². The van der Waals surface area contributed by atoms with E-state index >= 15 is 0 Å². The van der Waals surface area contributed by atoms with Crippen molar-refractivity contribution < 1.29 is 4.39 Å². The third kappa shape index (κ3) is 3.48. The first-order valence-electron chi connectivity index (χ1n) is 9.18. The zero-order chi connectivity index (χ0) is 19.1. The molecule has 0 N–H and O–H groups in total. The van der Waals surface area contributed by atoms with Gasteiger partial charge in [-0.15, -0.1) is 5.10 Å². The van der Waals surface area contributed by atoms with Crippen LogP contribution in [0.3, 0.4) is 0 Å². The van der Waals surface area contributed by atoms with Gasteiger partial charge in [-0.1, -0.05) is 36.7 Å². The normalized spacial score (nSPS) is 20.4. The Morgan fingerprint density at radius 1 is 1.19 bits per heavy atom. The standard InChI is InChI=1S/C19H22ClFN6/c1-11-7-12(2)9-26(8-11)18-17-19(23-13(3)22-18)27(25-24-17)10-14-15(20)5-4-6-16(14)21/h4-6,11-12H,7-10H2,1-3H3/t11-,12+. The van der Waals surface area contributed by atoms with Gasteiger partial charge in [0, 0.05) is 23.7 Å².